The van der Waals surface area contributed by atoms with Gasteiger partial charge in [-0.15, -0.1) is 11.3 Å². The maximum Gasteiger partial charge on any atom is 0.277 e. The zero-order valence-corrected chi connectivity index (χ0v) is 26.6. The summed E-state index contributed by atoms with van der Waals surface area (Å²) >= 11 is 1.21. The number of likely N-dealkylation sites (tertiary alicyclic amines) is 1. The molecule has 0 N–H and O–H groups in total. The lowest BCUT2D eigenvalue weighted by atomic mass is 10.1. The molecule has 9 heteroatoms. The van der Waals surface area contributed by atoms with E-state index in [1.54, 1.807) is 10.5 Å². The maximum absolute atomic E-state index is 13.9. The fraction of sp³-hybridized carbons (Fsp3) is 0.576. The standard InChI is InChI=1S/C33H45N5O3S/c1-22(2)12-18-36(19-13-23(3)4)31(40)25-10-11-27-28(20-25)37(17-9-16-35-14-7-6-8-15-35)33-34-26-21-29(24(5)39)42-30(26)32(41)38(27)33/h10-11,20-23H,6-9,12-19H2,1-5H3. The van der Waals surface area contributed by atoms with Gasteiger partial charge in [-0.3, -0.25) is 14.4 Å². The molecule has 0 unspecified atom stereocenters. The van der Waals surface area contributed by atoms with Crippen LogP contribution in [-0.2, 0) is 6.54 Å². The van der Waals surface area contributed by atoms with E-state index in [1.165, 1.54) is 37.5 Å². The lowest BCUT2D eigenvalue weighted by molar-refractivity contribution is 0.0740. The minimum Gasteiger partial charge on any atom is -0.339 e. The van der Waals surface area contributed by atoms with Crippen LogP contribution in [0.15, 0.2) is 29.1 Å². The zero-order chi connectivity index (χ0) is 30.0. The van der Waals surface area contributed by atoms with Gasteiger partial charge in [-0.1, -0.05) is 34.1 Å². The molecule has 1 amide bonds. The molecule has 5 rings (SSSR count). The number of amides is 1. The van der Waals surface area contributed by atoms with Crippen LogP contribution in [0.1, 0.15) is 93.2 Å². The second kappa shape index (κ2) is 13.1. The SMILES string of the molecule is CC(=O)c1cc2nc3n(CCCN4CCCCC4)c4cc(C(=O)N(CCC(C)C)CCC(C)C)ccc4n3c(=O)c2s1. The van der Waals surface area contributed by atoms with Crippen molar-refractivity contribution in [1.29, 1.82) is 0 Å². The Morgan fingerprint density at radius 1 is 0.952 bits per heavy atom. The summed E-state index contributed by atoms with van der Waals surface area (Å²) in [6.07, 6.45) is 6.63. The third kappa shape index (κ3) is 6.47. The molecule has 1 saturated heterocycles. The highest BCUT2D eigenvalue weighted by Crippen LogP contribution is 2.27. The summed E-state index contributed by atoms with van der Waals surface area (Å²) in [6.45, 7) is 15.7. The summed E-state index contributed by atoms with van der Waals surface area (Å²) < 4.78 is 4.26. The number of carbonyl (C=O) groups excluding carboxylic acids is 2. The van der Waals surface area contributed by atoms with Gasteiger partial charge in [0.2, 0.25) is 5.78 Å². The number of piperidine rings is 1. The number of hydrogen-bond donors (Lipinski definition) is 0. The Balaban J connectivity index is 1.58. The van der Waals surface area contributed by atoms with Gasteiger partial charge in [0.05, 0.1) is 21.4 Å². The number of carbonyl (C=O) groups is 2. The second-order valence-electron chi connectivity index (χ2n) is 12.7. The molecule has 1 aliphatic heterocycles. The number of Topliss-reactive ketones (excluding diaryl/α,β-unsaturated/α-hetero) is 1. The number of fused-ring (bicyclic) bond motifs is 4. The van der Waals surface area contributed by atoms with Crippen molar-refractivity contribution in [3.8, 4) is 0 Å². The molecular formula is C33H45N5O3S. The number of nitrogens with zero attached hydrogens (tertiary/aromatic N) is 5. The molecule has 0 atom stereocenters. The van der Waals surface area contributed by atoms with Crippen LogP contribution in [0.25, 0.3) is 27.0 Å². The van der Waals surface area contributed by atoms with Gasteiger partial charge in [0.15, 0.2) is 5.78 Å². The highest BCUT2D eigenvalue weighted by atomic mass is 32.1. The highest BCUT2D eigenvalue weighted by Gasteiger charge is 2.22. The average molecular weight is 592 g/mol. The van der Waals surface area contributed by atoms with Crippen LogP contribution in [0.5, 0.6) is 0 Å². The summed E-state index contributed by atoms with van der Waals surface area (Å²) in [7, 11) is 0. The number of aromatic nitrogens is 3. The van der Waals surface area contributed by atoms with E-state index < -0.39 is 0 Å². The normalized spacial score (nSPS) is 14.6. The van der Waals surface area contributed by atoms with Crippen molar-refractivity contribution in [3.05, 3.63) is 45.1 Å². The van der Waals surface area contributed by atoms with E-state index in [0.717, 1.165) is 63.0 Å². The molecule has 1 aromatic carbocycles. The Kier molecular flexibility index (Phi) is 9.47. The van der Waals surface area contributed by atoms with Crippen molar-refractivity contribution in [2.45, 2.75) is 79.7 Å². The number of imidazole rings is 1. The Bertz CT molecular complexity index is 1630. The summed E-state index contributed by atoms with van der Waals surface area (Å²) in [5, 5.41) is 0. The van der Waals surface area contributed by atoms with Crippen LogP contribution in [0.4, 0.5) is 0 Å². The van der Waals surface area contributed by atoms with Gasteiger partial charge in [-0.05, 0) is 94.8 Å². The number of thiophene rings is 1. The van der Waals surface area contributed by atoms with E-state index >= 15 is 0 Å². The summed E-state index contributed by atoms with van der Waals surface area (Å²) in [5.74, 6) is 1.56. The first-order valence-electron chi connectivity index (χ1n) is 15.6. The highest BCUT2D eigenvalue weighted by molar-refractivity contribution is 7.20. The van der Waals surface area contributed by atoms with Crippen LogP contribution >= 0.6 is 11.3 Å². The fourth-order valence-corrected chi connectivity index (χ4v) is 6.81. The molecule has 226 valence electrons. The Hall–Kier alpha value is -3.04. The molecule has 4 aromatic rings. The van der Waals surface area contributed by atoms with Gasteiger partial charge < -0.3 is 14.4 Å². The number of hydrogen-bond acceptors (Lipinski definition) is 6. The summed E-state index contributed by atoms with van der Waals surface area (Å²) in [6, 6.07) is 7.44. The molecule has 8 nitrogen and oxygen atoms in total. The molecule has 0 spiro atoms. The van der Waals surface area contributed by atoms with E-state index in [0.29, 0.717) is 44.8 Å². The third-order valence-electron chi connectivity index (χ3n) is 8.42. The van der Waals surface area contributed by atoms with Crippen molar-refractivity contribution in [2.75, 3.05) is 32.7 Å². The molecule has 0 radical (unpaired) electrons. The summed E-state index contributed by atoms with van der Waals surface area (Å²) in [4.78, 5) is 49.8. The number of rotatable bonds is 12. The molecule has 0 aliphatic carbocycles. The first-order chi connectivity index (χ1) is 20.1. The Morgan fingerprint density at radius 2 is 1.64 bits per heavy atom. The molecule has 42 heavy (non-hydrogen) atoms. The molecular weight excluding hydrogens is 546 g/mol. The van der Waals surface area contributed by atoms with Gasteiger partial charge in [0.25, 0.3) is 11.5 Å². The van der Waals surface area contributed by atoms with Gasteiger partial charge >= 0.3 is 0 Å². The van der Waals surface area contributed by atoms with Crippen LogP contribution in [-0.4, -0.2) is 68.2 Å². The molecule has 0 saturated carbocycles. The van der Waals surface area contributed by atoms with Crippen LogP contribution < -0.4 is 5.56 Å². The molecule has 1 aliphatic rings. The first-order valence-corrected chi connectivity index (χ1v) is 16.5. The largest absolute Gasteiger partial charge is 0.339 e. The monoisotopic (exact) mass is 591 g/mol. The second-order valence-corrected chi connectivity index (χ2v) is 13.8. The first kappa shape index (κ1) is 30.4. The van der Waals surface area contributed by atoms with Crippen molar-refractivity contribution < 1.29 is 9.59 Å². The fourth-order valence-electron chi connectivity index (χ4n) is 5.89. The minimum atomic E-state index is -0.165. The van der Waals surface area contributed by atoms with E-state index in [2.05, 4.69) is 37.2 Å². The van der Waals surface area contributed by atoms with Gasteiger partial charge in [-0.2, -0.15) is 0 Å². The van der Waals surface area contributed by atoms with Crippen molar-refractivity contribution in [3.63, 3.8) is 0 Å². The lowest BCUT2D eigenvalue weighted by Crippen LogP contribution is -2.34. The molecule has 4 heterocycles. The van der Waals surface area contributed by atoms with E-state index in [1.807, 2.05) is 23.1 Å². The van der Waals surface area contributed by atoms with E-state index in [4.69, 9.17) is 4.98 Å². The Morgan fingerprint density at radius 3 is 2.29 bits per heavy atom. The third-order valence-corrected chi connectivity index (χ3v) is 9.63. The zero-order valence-electron chi connectivity index (χ0n) is 25.8. The number of benzene rings is 1. The molecule has 0 bridgehead atoms. The maximum atomic E-state index is 13.9. The van der Waals surface area contributed by atoms with Crippen molar-refractivity contribution >= 4 is 50.1 Å². The van der Waals surface area contributed by atoms with Gasteiger partial charge in [-0.25, -0.2) is 9.38 Å². The lowest BCUT2D eigenvalue weighted by Gasteiger charge is -2.26. The molecule has 1 fully saturated rings. The predicted octanol–water partition coefficient (Wildman–Crippen LogP) is 6.48. The quantitative estimate of drug-likeness (QED) is 0.176. The smallest absolute Gasteiger partial charge is 0.277 e. The van der Waals surface area contributed by atoms with E-state index in [9.17, 15) is 14.4 Å². The van der Waals surface area contributed by atoms with Crippen LogP contribution in [0, 0.1) is 11.8 Å². The van der Waals surface area contributed by atoms with Crippen LogP contribution in [0.2, 0.25) is 0 Å². The van der Waals surface area contributed by atoms with Crippen molar-refractivity contribution in [1.82, 2.24) is 23.8 Å². The summed E-state index contributed by atoms with van der Waals surface area (Å²) in [5.41, 5.74) is 2.62. The molecule has 3 aromatic heterocycles. The minimum absolute atomic E-state index is 0.0377. The number of ketones is 1. The van der Waals surface area contributed by atoms with Crippen LogP contribution in [0.3, 0.4) is 0 Å². The van der Waals surface area contributed by atoms with E-state index in [-0.39, 0.29) is 17.2 Å². The number of aryl methyl sites for hydroxylation is 1. The van der Waals surface area contributed by atoms with Gasteiger partial charge in [0.1, 0.15) is 4.70 Å². The Labute approximate surface area is 252 Å². The predicted molar refractivity (Wildman–Crippen MR) is 172 cm³/mol. The topological polar surface area (TPSA) is 79.9 Å². The average Bonchev–Trinajstić information content (AvgIpc) is 3.53. The van der Waals surface area contributed by atoms with Gasteiger partial charge in [0, 0.05) is 25.2 Å². The van der Waals surface area contributed by atoms with Crippen molar-refractivity contribution in [2.24, 2.45) is 11.8 Å².